The Morgan fingerprint density at radius 2 is 0.583 bits per heavy atom. The van der Waals surface area contributed by atoms with Crippen LogP contribution in [0.4, 0.5) is 0 Å². The van der Waals surface area contributed by atoms with Gasteiger partial charge in [0.05, 0.1) is 199 Å². The van der Waals surface area contributed by atoms with E-state index in [1.165, 1.54) is 14.2 Å². The molecule has 4 rings (SSSR count). The molecule has 0 unspecified atom stereocenters. The quantitative estimate of drug-likeness (QED) is 0.0367. The number of aromatic hydroxyl groups is 2. The second-order valence-electron chi connectivity index (χ2n) is 17.3. The number of benzene rings is 4. The van der Waals surface area contributed by atoms with E-state index in [0.29, 0.717) is 221 Å². The number of para-hydroxylation sites is 2. The van der Waals surface area contributed by atoms with Gasteiger partial charge in [0.15, 0.2) is 23.0 Å². The first-order valence-corrected chi connectivity index (χ1v) is 27.7. The van der Waals surface area contributed by atoms with Crippen LogP contribution in [0.2, 0.25) is 0 Å². The second-order valence-corrected chi connectivity index (χ2v) is 17.3. The third-order valence-electron chi connectivity index (χ3n) is 11.4. The predicted molar refractivity (Wildman–Crippen MR) is 310 cm³/mol. The van der Waals surface area contributed by atoms with Crippen molar-refractivity contribution in [1.29, 1.82) is 0 Å². The van der Waals surface area contributed by atoms with E-state index in [0.717, 1.165) is 22.3 Å². The Morgan fingerprint density at radius 1 is 0.333 bits per heavy atom. The normalized spacial score (nSPS) is 11.3. The maximum atomic E-state index is 11.1. The predicted octanol–water partition coefficient (Wildman–Crippen LogP) is 3.24. The van der Waals surface area contributed by atoms with Gasteiger partial charge in [0.2, 0.25) is 0 Å². The number of rotatable bonds is 53. The molecule has 0 spiro atoms. The summed E-state index contributed by atoms with van der Waals surface area (Å²) in [7, 11) is 6.27. The molecule has 2 N–H and O–H groups in total. The molecule has 0 aliphatic carbocycles. The van der Waals surface area contributed by atoms with Gasteiger partial charge in [0, 0.05) is 48.9 Å². The zero-order valence-electron chi connectivity index (χ0n) is 49.2. The van der Waals surface area contributed by atoms with E-state index in [1.54, 1.807) is 38.8 Å². The number of halogens is 1. The molecule has 4 aromatic carbocycles. The first kappa shape index (κ1) is 75.4. The van der Waals surface area contributed by atoms with Gasteiger partial charge < -0.3 is 108 Å². The van der Waals surface area contributed by atoms with E-state index in [9.17, 15) is 10.2 Å². The number of methoxy groups -OCH3 is 4. The fourth-order valence-electron chi connectivity index (χ4n) is 7.29. The summed E-state index contributed by atoms with van der Waals surface area (Å²) < 4.78 is 99.6. The third kappa shape index (κ3) is 33.2. The molecule has 471 valence electrons. The van der Waals surface area contributed by atoms with Crippen molar-refractivity contribution < 1.29 is 125 Å². The minimum absolute atomic E-state index is 0. The van der Waals surface area contributed by atoms with Crippen molar-refractivity contribution in [3.63, 3.8) is 0 Å². The molecule has 24 heteroatoms. The molecule has 0 saturated carbocycles. The van der Waals surface area contributed by atoms with E-state index < -0.39 is 0 Å². The Labute approximate surface area is 512 Å². The first-order chi connectivity index (χ1) is 40.5. The topological polar surface area (TPSA) is 231 Å². The molecule has 1 radical (unpaired) electrons. The van der Waals surface area contributed by atoms with Gasteiger partial charge in [-0.2, -0.15) is 0 Å². The van der Waals surface area contributed by atoms with Crippen LogP contribution in [0.1, 0.15) is 11.1 Å². The van der Waals surface area contributed by atoms with Crippen LogP contribution >= 0.6 is 0 Å². The Balaban J connectivity index is 0.0000120. The molecule has 0 bridgehead atoms. The van der Waals surface area contributed by atoms with Crippen molar-refractivity contribution in [2.45, 2.75) is 0 Å². The van der Waals surface area contributed by atoms with E-state index in [1.807, 2.05) is 60.7 Å². The maximum absolute atomic E-state index is 11.1. The molecule has 0 fully saturated rings. The average molecular weight is 1250 g/mol. The number of phenolic OH excluding ortho intramolecular Hbond substituents is 2. The SMILES string of the molecule is COCCOCCOCCOCCOCCOCCOCCOc1ccccc1-c1cc(C=NCCN=Cc2cc(-c3ccccc3OCCOCCOCCOCCOCCOCCOCCOC)cc(OC)c2O)c(O)c(OC)c1.[Cl-].[Mn+2]. The van der Waals surface area contributed by atoms with Crippen LogP contribution in [0, 0.1) is 0 Å². The van der Waals surface area contributed by atoms with Crippen molar-refractivity contribution in [3.05, 3.63) is 83.9 Å². The van der Waals surface area contributed by atoms with Gasteiger partial charge in [-0.3, -0.25) is 9.98 Å². The minimum atomic E-state index is -0.0518. The summed E-state index contributed by atoms with van der Waals surface area (Å²) in [5, 5.41) is 22.1. The average Bonchev–Trinajstić information content (AvgIpc) is 3.70. The number of hydrogen-bond acceptors (Lipinski definition) is 22. The van der Waals surface area contributed by atoms with Crippen molar-refractivity contribution in [2.24, 2.45) is 9.98 Å². The number of ether oxygens (including phenoxy) is 18. The van der Waals surface area contributed by atoms with Gasteiger partial charge in [-0.05, 0) is 47.5 Å². The van der Waals surface area contributed by atoms with Gasteiger partial charge in [-0.1, -0.05) is 36.4 Å². The summed E-state index contributed by atoms with van der Waals surface area (Å²) in [5.74, 6) is 1.74. The van der Waals surface area contributed by atoms with Crippen molar-refractivity contribution in [2.75, 3.05) is 227 Å². The van der Waals surface area contributed by atoms with Crippen molar-refractivity contribution in [3.8, 4) is 56.8 Å². The number of aliphatic imine (C=N–C) groups is 2. The Kier molecular flexibility index (Phi) is 46.2. The maximum Gasteiger partial charge on any atom is 2.00 e. The van der Waals surface area contributed by atoms with E-state index >= 15 is 0 Å². The van der Waals surface area contributed by atoms with E-state index in [-0.39, 0.29) is 52.5 Å². The summed E-state index contributed by atoms with van der Waals surface area (Å²) in [4.78, 5) is 9.10. The standard InChI is InChI=1S/C60H88N2O20.ClH.Mn/c1-65-15-17-69-19-21-71-23-25-73-27-29-75-31-33-77-35-37-79-39-41-81-55-11-7-5-9-53(55)49-43-51(59(63)57(45-49)67-3)47-61-13-14-62-48-52-44-50(46-58(68-4)60(52)64)54-10-6-8-12-56(54)82-42-40-80-38-36-78-34-32-76-30-28-74-26-24-72-22-20-70-18-16-66-2;;/h5-12,43-48,63-64H,13-42H2,1-4H3;1H;/q;;+2/p-1. The fourth-order valence-corrected chi connectivity index (χ4v) is 7.29. The largest absolute Gasteiger partial charge is 2.00 e. The molecule has 0 amide bonds. The number of hydrogen-bond donors (Lipinski definition) is 2. The zero-order valence-corrected chi connectivity index (χ0v) is 51.1. The summed E-state index contributed by atoms with van der Waals surface area (Å²) >= 11 is 0. The van der Waals surface area contributed by atoms with Crippen LogP contribution in [-0.2, 0) is 83.4 Å². The summed E-state index contributed by atoms with van der Waals surface area (Å²) in [6.07, 6.45) is 3.16. The van der Waals surface area contributed by atoms with E-state index in [4.69, 9.17) is 85.3 Å². The van der Waals surface area contributed by atoms with Crippen LogP contribution in [0.3, 0.4) is 0 Å². The molecule has 84 heavy (non-hydrogen) atoms. The molecule has 0 atom stereocenters. The van der Waals surface area contributed by atoms with Crippen LogP contribution in [0.15, 0.2) is 82.8 Å². The van der Waals surface area contributed by atoms with Crippen LogP contribution in [0.25, 0.3) is 22.3 Å². The van der Waals surface area contributed by atoms with Gasteiger partial charge in [-0.25, -0.2) is 0 Å². The Hall–Kier alpha value is -4.73. The molecule has 0 aliphatic rings. The monoisotopic (exact) mass is 1250 g/mol. The fraction of sp³-hybridized carbons (Fsp3) is 0.567. The Bertz CT molecular complexity index is 2150. The van der Waals surface area contributed by atoms with Crippen LogP contribution < -0.4 is 31.4 Å². The minimum Gasteiger partial charge on any atom is -1.00 e. The number of phenols is 2. The first-order valence-electron chi connectivity index (χ1n) is 27.7. The summed E-state index contributed by atoms with van der Waals surface area (Å²) in [6.45, 7) is 13.6. The van der Waals surface area contributed by atoms with Gasteiger partial charge in [-0.15, -0.1) is 0 Å². The summed E-state index contributed by atoms with van der Waals surface area (Å²) in [6, 6.07) is 22.4. The van der Waals surface area contributed by atoms with E-state index in [2.05, 4.69) is 9.98 Å². The van der Waals surface area contributed by atoms with Crippen molar-refractivity contribution in [1.82, 2.24) is 0 Å². The molecular weight excluding hydrogens is 1160 g/mol. The Morgan fingerprint density at radius 3 is 0.845 bits per heavy atom. The zero-order chi connectivity index (χ0) is 58.2. The second kappa shape index (κ2) is 51.5. The molecule has 22 nitrogen and oxygen atoms in total. The smallest absolute Gasteiger partial charge is 1.00 e. The third-order valence-corrected chi connectivity index (χ3v) is 11.4. The molecule has 4 aromatic rings. The van der Waals surface area contributed by atoms with Gasteiger partial charge in [0.1, 0.15) is 24.7 Å². The summed E-state index contributed by atoms with van der Waals surface area (Å²) in [5.41, 5.74) is 4.02. The van der Waals surface area contributed by atoms with Gasteiger partial charge in [0.25, 0.3) is 0 Å². The molecular formula is C60H88ClMnN2O20+. The molecule has 0 aliphatic heterocycles. The molecule has 0 heterocycles. The molecule has 0 aromatic heterocycles. The molecule has 0 saturated heterocycles. The van der Waals surface area contributed by atoms with Crippen LogP contribution in [-0.4, -0.2) is 249 Å². The van der Waals surface area contributed by atoms with Crippen molar-refractivity contribution >= 4 is 12.4 Å². The van der Waals surface area contributed by atoms with Gasteiger partial charge >= 0.3 is 17.1 Å². The number of nitrogens with zero attached hydrogens (tertiary/aromatic N) is 2. The van der Waals surface area contributed by atoms with Crippen LogP contribution in [0.5, 0.6) is 34.5 Å².